The maximum Gasteiger partial charge on any atom is 0.574 e. The fourth-order valence-electron chi connectivity index (χ4n) is 1.44. The van der Waals surface area contributed by atoms with E-state index in [4.69, 9.17) is 10.8 Å². The van der Waals surface area contributed by atoms with Crippen LogP contribution in [0.2, 0.25) is 0 Å². The van der Waals surface area contributed by atoms with Gasteiger partial charge in [-0.15, -0.1) is 13.2 Å². The van der Waals surface area contributed by atoms with E-state index in [0.717, 1.165) is 6.20 Å². The summed E-state index contributed by atoms with van der Waals surface area (Å²) in [6.45, 7) is 1.25. The molecule has 0 unspecified atom stereocenters. The van der Waals surface area contributed by atoms with Crippen molar-refractivity contribution in [2.24, 2.45) is 5.73 Å². The Balaban J connectivity index is 3.16. The van der Waals surface area contributed by atoms with Crippen LogP contribution in [-0.2, 0) is 17.8 Å². The first-order chi connectivity index (χ1) is 8.24. The minimum atomic E-state index is -4.86. The predicted molar refractivity (Wildman–Crippen MR) is 54.9 cm³/mol. The molecule has 0 spiro atoms. The van der Waals surface area contributed by atoms with E-state index in [-0.39, 0.29) is 18.5 Å². The van der Waals surface area contributed by atoms with Gasteiger partial charge in [-0.05, 0) is 18.1 Å². The standard InChI is InChI=1S/C10H11F3N2O3/c1-5-6(2-8(16)17)4-15-9(7(5)3-14)18-10(11,12)13/h4H,2-3,14H2,1H3,(H,16,17). The van der Waals surface area contributed by atoms with Crippen LogP contribution in [0, 0.1) is 6.92 Å². The van der Waals surface area contributed by atoms with Crippen LogP contribution in [0.25, 0.3) is 0 Å². The zero-order valence-electron chi connectivity index (χ0n) is 9.41. The maximum absolute atomic E-state index is 12.1. The van der Waals surface area contributed by atoms with Gasteiger partial charge in [-0.3, -0.25) is 4.79 Å². The highest BCUT2D eigenvalue weighted by atomic mass is 19.4. The van der Waals surface area contributed by atoms with Gasteiger partial charge in [-0.25, -0.2) is 4.98 Å². The summed E-state index contributed by atoms with van der Waals surface area (Å²) in [4.78, 5) is 14.0. The number of alkyl halides is 3. The van der Waals surface area contributed by atoms with Crippen LogP contribution < -0.4 is 10.5 Å². The summed E-state index contributed by atoms with van der Waals surface area (Å²) in [5.74, 6) is -1.75. The lowest BCUT2D eigenvalue weighted by molar-refractivity contribution is -0.276. The van der Waals surface area contributed by atoms with Crippen molar-refractivity contribution in [3.8, 4) is 5.88 Å². The van der Waals surface area contributed by atoms with Crippen molar-refractivity contribution in [2.75, 3.05) is 0 Å². The molecular weight excluding hydrogens is 253 g/mol. The van der Waals surface area contributed by atoms with Gasteiger partial charge in [-0.1, -0.05) is 0 Å². The molecule has 3 N–H and O–H groups in total. The summed E-state index contributed by atoms with van der Waals surface area (Å²) in [6, 6.07) is 0. The molecule has 1 heterocycles. The zero-order valence-corrected chi connectivity index (χ0v) is 9.41. The monoisotopic (exact) mass is 264 g/mol. The lowest BCUT2D eigenvalue weighted by Gasteiger charge is -2.15. The van der Waals surface area contributed by atoms with Gasteiger partial charge in [0.25, 0.3) is 0 Å². The van der Waals surface area contributed by atoms with Crippen LogP contribution in [0.15, 0.2) is 6.20 Å². The van der Waals surface area contributed by atoms with Crippen molar-refractivity contribution in [2.45, 2.75) is 26.3 Å². The third kappa shape index (κ3) is 3.59. The number of aromatic nitrogens is 1. The van der Waals surface area contributed by atoms with Crippen molar-refractivity contribution in [1.82, 2.24) is 4.98 Å². The van der Waals surface area contributed by atoms with E-state index in [0.29, 0.717) is 11.1 Å². The Bertz CT molecular complexity index is 460. The average molecular weight is 264 g/mol. The summed E-state index contributed by atoms with van der Waals surface area (Å²) in [5.41, 5.74) is 6.03. The van der Waals surface area contributed by atoms with Gasteiger partial charge in [0, 0.05) is 18.3 Å². The molecule has 1 aromatic rings. The molecule has 0 amide bonds. The molecule has 0 aliphatic heterocycles. The largest absolute Gasteiger partial charge is 0.574 e. The number of nitrogens with zero attached hydrogens (tertiary/aromatic N) is 1. The highest BCUT2D eigenvalue weighted by Crippen LogP contribution is 2.27. The number of hydrogen-bond donors (Lipinski definition) is 2. The maximum atomic E-state index is 12.1. The smallest absolute Gasteiger partial charge is 0.481 e. The Morgan fingerprint density at radius 1 is 1.56 bits per heavy atom. The normalized spacial score (nSPS) is 11.4. The number of rotatable bonds is 4. The lowest BCUT2D eigenvalue weighted by atomic mass is 10.0. The zero-order chi connectivity index (χ0) is 13.9. The summed E-state index contributed by atoms with van der Waals surface area (Å²) in [7, 11) is 0. The van der Waals surface area contributed by atoms with E-state index >= 15 is 0 Å². The highest BCUT2D eigenvalue weighted by Gasteiger charge is 2.33. The first-order valence-electron chi connectivity index (χ1n) is 4.89. The Morgan fingerprint density at radius 3 is 2.61 bits per heavy atom. The molecule has 0 fully saturated rings. The van der Waals surface area contributed by atoms with Gasteiger partial charge in [0.05, 0.1) is 6.42 Å². The molecule has 5 nitrogen and oxygen atoms in total. The molecule has 0 radical (unpaired) electrons. The van der Waals surface area contributed by atoms with Crippen molar-refractivity contribution in [3.05, 3.63) is 22.9 Å². The third-order valence-corrected chi connectivity index (χ3v) is 2.29. The second kappa shape index (κ2) is 5.21. The Labute approximate surface area is 100 Å². The van der Waals surface area contributed by atoms with Crippen LogP contribution in [0.1, 0.15) is 16.7 Å². The number of carbonyl (C=O) groups is 1. The quantitative estimate of drug-likeness (QED) is 0.857. The minimum absolute atomic E-state index is 0.0473. The average Bonchev–Trinajstić information content (AvgIpc) is 2.20. The molecule has 8 heteroatoms. The highest BCUT2D eigenvalue weighted by molar-refractivity contribution is 5.70. The molecule has 0 saturated carbocycles. The van der Waals surface area contributed by atoms with Gasteiger partial charge in [0.15, 0.2) is 0 Å². The van der Waals surface area contributed by atoms with Crippen LogP contribution >= 0.6 is 0 Å². The first kappa shape index (κ1) is 14.2. The van der Waals surface area contributed by atoms with Gasteiger partial charge >= 0.3 is 12.3 Å². The van der Waals surface area contributed by atoms with Gasteiger partial charge < -0.3 is 15.6 Å². The van der Waals surface area contributed by atoms with E-state index in [9.17, 15) is 18.0 Å². The minimum Gasteiger partial charge on any atom is -0.481 e. The van der Waals surface area contributed by atoms with Crippen LogP contribution in [0.3, 0.4) is 0 Å². The van der Waals surface area contributed by atoms with E-state index < -0.39 is 18.2 Å². The number of halogens is 3. The van der Waals surface area contributed by atoms with Crippen LogP contribution in [0.5, 0.6) is 5.88 Å². The summed E-state index contributed by atoms with van der Waals surface area (Å²) >= 11 is 0. The Morgan fingerprint density at radius 2 is 2.17 bits per heavy atom. The number of nitrogens with two attached hydrogens (primary N) is 1. The molecule has 18 heavy (non-hydrogen) atoms. The molecule has 1 rings (SSSR count). The fraction of sp³-hybridized carbons (Fsp3) is 0.400. The van der Waals surface area contributed by atoms with Gasteiger partial charge in [0.2, 0.25) is 5.88 Å². The SMILES string of the molecule is Cc1c(CC(=O)O)cnc(OC(F)(F)F)c1CN. The number of ether oxygens (including phenoxy) is 1. The molecular formula is C10H11F3N2O3. The molecule has 0 aliphatic rings. The molecule has 0 aliphatic carbocycles. The summed E-state index contributed by atoms with van der Waals surface area (Å²) in [6.07, 6.45) is -4.15. The fourth-order valence-corrected chi connectivity index (χ4v) is 1.44. The molecule has 100 valence electrons. The number of aliphatic carboxylic acids is 1. The predicted octanol–water partition coefficient (Wildman–Crippen LogP) is 1.37. The molecule has 0 bridgehead atoms. The topological polar surface area (TPSA) is 85.4 Å². The Kier molecular flexibility index (Phi) is 4.12. The molecule has 0 aromatic carbocycles. The van der Waals surface area contributed by atoms with Crippen molar-refractivity contribution >= 4 is 5.97 Å². The van der Waals surface area contributed by atoms with E-state index in [1.54, 1.807) is 0 Å². The summed E-state index contributed by atoms with van der Waals surface area (Å²) < 4.78 is 40.0. The lowest BCUT2D eigenvalue weighted by Crippen LogP contribution is -2.20. The van der Waals surface area contributed by atoms with Crippen LogP contribution in [-0.4, -0.2) is 22.4 Å². The van der Waals surface area contributed by atoms with Gasteiger partial charge in [0.1, 0.15) is 0 Å². The molecule has 1 aromatic heterocycles. The summed E-state index contributed by atoms with van der Waals surface area (Å²) in [5, 5.41) is 8.64. The van der Waals surface area contributed by atoms with E-state index in [1.807, 2.05) is 0 Å². The number of pyridine rings is 1. The van der Waals surface area contributed by atoms with Gasteiger partial charge in [-0.2, -0.15) is 0 Å². The van der Waals surface area contributed by atoms with Crippen LogP contribution in [0.4, 0.5) is 13.2 Å². The van der Waals surface area contributed by atoms with E-state index in [2.05, 4.69) is 9.72 Å². The second-order valence-electron chi connectivity index (χ2n) is 3.51. The number of carboxylic acid groups (broad SMARTS) is 1. The molecule has 0 atom stereocenters. The molecule has 0 saturated heterocycles. The first-order valence-corrected chi connectivity index (χ1v) is 4.89. The number of carboxylic acids is 1. The van der Waals surface area contributed by atoms with Crippen molar-refractivity contribution in [3.63, 3.8) is 0 Å². The Hall–Kier alpha value is -1.83. The third-order valence-electron chi connectivity index (χ3n) is 2.29. The second-order valence-corrected chi connectivity index (χ2v) is 3.51. The van der Waals surface area contributed by atoms with E-state index in [1.165, 1.54) is 6.92 Å². The van der Waals surface area contributed by atoms with Crippen molar-refractivity contribution < 1.29 is 27.8 Å². The number of hydrogen-bond acceptors (Lipinski definition) is 4. The van der Waals surface area contributed by atoms with Crippen molar-refractivity contribution in [1.29, 1.82) is 0 Å².